The van der Waals surface area contributed by atoms with E-state index >= 15 is 0 Å². The third-order valence-electron chi connectivity index (χ3n) is 3.31. The van der Waals surface area contributed by atoms with Gasteiger partial charge >= 0.3 is 0 Å². The Hall–Kier alpha value is -2.89. The first-order valence-corrected chi connectivity index (χ1v) is 8.06. The van der Waals surface area contributed by atoms with E-state index < -0.39 is 0 Å². The van der Waals surface area contributed by atoms with Gasteiger partial charge in [0.05, 0.1) is 12.8 Å². The number of halogens is 1. The lowest BCUT2D eigenvalue weighted by molar-refractivity contribution is -0.125. The van der Waals surface area contributed by atoms with Crippen molar-refractivity contribution >= 4 is 12.1 Å². The summed E-state index contributed by atoms with van der Waals surface area (Å²) in [5, 5.41) is 6.48. The Balaban J connectivity index is 1.63. The molecule has 0 saturated carbocycles. The number of carbonyl (C=O) groups is 1. The van der Waals surface area contributed by atoms with E-state index in [1.54, 1.807) is 12.1 Å². The molecular formula is C19H21FN2O3. The minimum Gasteiger partial charge on any atom is -0.494 e. The van der Waals surface area contributed by atoms with E-state index in [0.717, 1.165) is 16.9 Å². The van der Waals surface area contributed by atoms with Gasteiger partial charge in [0.1, 0.15) is 11.6 Å². The molecule has 6 heteroatoms. The summed E-state index contributed by atoms with van der Waals surface area (Å²) < 4.78 is 18.1. The second kappa shape index (κ2) is 10.1. The van der Waals surface area contributed by atoms with Crippen LogP contribution in [0.15, 0.2) is 53.7 Å². The zero-order chi connectivity index (χ0) is 17.9. The smallest absolute Gasteiger partial charge is 0.260 e. The molecule has 0 aliphatic carbocycles. The van der Waals surface area contributed by atoms with E-state index in [-0.39, 0.29) is 18.3 Å². The Labute approximate surface area is 146 Å². The highest BCUT2D eigenvalue weighted by Gasteiger charge is 2.01. The molecule has 132 valence electrons. The molecule has 0 heterocycles. The molecule has 0 bridgehead atoms. The first-order valence-electron chi connectivity index (χ1n) is 8.06. The highest BCUT2D eigenvalue weighted by atomic mass is 19.1. The zero-order valence-electron chi connectivity index (χ0n) is 14.1. The molecule has 0 spiro atoms. The topological polar surface area (TPSA) is 59.9 Å². The molecule has 0 saturated heterocycles. The number of ether oxygens (including phenoxy) is 1. The average molecular weight is 344 g/mol. The molecular weight excluding hydrogens is 323 g/mol. The molecule has 2 aromatic carbocycles. The van der Waals surface area contributed by atoms with E-state index in [1.165, 1.54) is 18.3 Å². The van der Waals surface area contributed by atoms with Gasteiger partial charge in [0, 0.05) is 6.54 Å². The van der Waals surface area contributed by atoms with Gasteiger partial charge in [-0.05, 0) is 60.9 Å². The second-order valence-corrected chi connectivity index (χ2v) is 5.24. The Morgan fingerprint density at radius 3 is 2.56 bits per heavy atom. The summed E-state index contributed by atoms with van der Waals surface area (Å²) in [5.41, 5.74) is 1.80. The SMILES string of the molecule is CCOc1ccc(/C=N/OCC(=O)NCCc2ccc(F)cc2)cc1. The van der Waals surface area contributed by atoms with Crippen LogP contribution in [0, 0.1) is 5.82 Å². The number of amides is 1. The maximum Gasteiger partial charge on any atom is 0.260 e. The normalized spacial score (nSPS) is 10.6. The molecule has 0 unspecified atom stereocenters. The summed E-state index contributed by atoms with van der Waals surface area (Å²) in [4.78, 5) is 16.6. The van der Waals surface area contributed by atoms with Gasteiger partial charge < -0.3 is 14.9 Å². The lowest BCUT2D eigenvalue weighted by Crippen LogP contribution is -2.28. The molecule has 0 radical (unpaired) electrons. The van der Waals surface area contributed by atoms with Gasteiger partial charge in [-0.2, -0.15) is 0 Å². The van der Waals surface area contributed by atoms with Crippen LogP contribution in [0.25, 0.3) is 0 Å². The summed E-state index contributed by atoms with van der Waals surface area (Å²) in [6.07, 6.45) is 2.16. The van der Waals surface area contributed by atoms with Gasteiger partial charge in [0.15, 0.2) is 6.61 Å². The van der Waals surface area contributed by atoms with Gasteiger partial charge in [-0.3, -0.25) is 4.79 Å². The van der Waals surface area contributed by atoms with Gasteiger partial charge in [0.25, 0.3) is 5.91 Å². The molecule has 2 rings (SSSR count). The summed E-state index contributed by atoms with van der Waals surface area (Å²) in [5.74, 6) is 0.263. The lowest BCUT2D eigenvalue weighted by Gasteiger charge is -2.04. The van der Waals surface area contributed by atoms with E-state index in [9.17, 15) is 9.18 Å². The van der Waals surface area contributed by atoms with Crippen molar-refractivity contribution in [2.45, 2.75) is 13.3 Å². The van der Waals surface area contributed by atoms with Crippen molar-refractivity contribution in [3.63, 3.8) is 0 Å². The van der Waals surface area contributed by atoms with Gasteiger partial charge in [-0.25, -0.2) is 4.39 Å². The number of benzene rings is 2. The maximum absolute atomic E-state index is 12.8. The summed E-state index contributed by atoms with van der Waals surface area (Å²) in [7, 11) is 0. The number of rotatable bonds is 9. The van der Waals surface area contributed by atoms with Crippen LogP contribution >= 0.6 is 0 Å². The molecule has 1 amide bonds. The number of carbonyl (C=O) groups excluding carboxylic acids is 1. The Bertz CT molecular complexity index is 685. The fourth-order valence-electron chi connectivity index (χ4n) is 2.06. The van der Waals surface area contributed by atoms with Crippen molar-refractivity contribution in [2.24, 2.45) is 5.16 Å². The molecule has 0 aliphatic heterocycles. The minimum atomic E-state index is -0.272. The third kappa shape index (κ3) is 7.03. The largest absolute Gasteiger partial charge is 0.494 e. The summed E-state index contributed by atoms with van der Waals surface area (Å²) in [6, 6.07) is 13.6. The van der Waals surface area contributed by atoms with Crippen LogP contribution in [-0.4, -0.2) is 31.9 Å². The van der Waals surface area contributed by atoms with Gasteiger partial charge in [0.2, 0.25) is 0 Å². The first kappa shape index (κ1) is 18.4. The van der Waals surface area contributed by atoms with Crippen LogP contribution in [-0.2, 0) is 16.1 Å². The predicted molar refractivity (Wildman–Crippen MR) is 94.3 cm³/mol. The Morgan fingerprint density at radius 2 is 1.88 bits per heavy atom. The van der Waals surface area contributed by atoms with Crippen LogP contribution < -0.4 is 10.1 Å². The second-order valence-electron chi connectivity index (χ2n) is 5.24. The molecule has 0 fully saturated rings. The molecule has 25 heavy (non-hydrogen) atoms. The summed E-state index contributed by atoms with van der Waals surface area (Å²) in [6.45, 7) is 2.84. The van der Waals surface area contributed by atoms with Crippen LogP contribution in [0.1, 0.15) is 18.1 Å². The number of nitrogens with zero attached hydrogens (tertiary/aromatic N) is 1. The monoisotopic (exact) mass is 344 g/mol. The quantitative estimate of drug-likeness (QED) is 0.562. The first-order chi connectivity index (χ1) is 12.2. The maximum atomic E-state index is 12.8. The number of hydrogen-bond donors (Lipinski definition) is 1. The molecule has 0 aromatic heterocycles. The fraction of sp³-hybridized carbons (Fsp3) is 0.263. The van der Waals surface area contributed by atoms with Crippen LogP contribution in [0.2, 0.25) is 0 Å². The van der Waals surface area contributed by atoms with Gasteiger partial charge in [-0.15, -0.1) is 0 Å². The van der Waals surface area contributed by atoms with Crippen LogP contribution in [0.3, 0.4) is 0 Å². The number of hydrogen-bond acceptors (Lipinski definition) is 4. The number of nitrogens with one attached hydrogen (secondary N) is 1. The molecule has 0 atom stereocenters. The third-order valence-corrected chi connectivity index (χ3v) is 3.31. The zero-order valence-corrected chi connectivity index (χ0v) is 14.1. The molecule has 1 N–H and O–H groups in total. The molecule has 0 aliphatic rings. The summed E-state index contributed by atoms with van der Waals surface area (Å²) >= 11 is 0. The van der Waals surface area contributed by atoms with Crippen LogP contribution in [0.4, 0.5) is 4.39 Å². The molecule has 5 nitrogen and oxygen atoms in total. The Morgan fingerprint density at radius 1 is 1.16 bits per heavy atom. The van der Waals surface area contributed by atoms with Crippen molar-refractivity contribution in [3.8, 4) is 5.75 Å². The highest BCUT2D eigenvalue weighted by Crippen LogP contribution is 2.10. The van der Waals surface area contributed by atoms with E-state index in [2.05, 4.69) is 10.5 Å². The van der Waals surface area contributed by atoms with Crippen molar-refractivity contribution in [1.82, 2.24) is 5.32 Å². The average Bonchev–Trinajstić information content (AvgIpc) is 2.62. The van der Waals surface area contributed by atoms with E-state index in [1.807, 2.05) is 31.2 Å². The van der Waals surface area contributed by atoms with E-state index in [0.29, 0.717) is 19.6 Å². The van der Waals surface area contributed by atoms with Crippen LogP contribution in [0.5, 0.6) is 5.75 Å². The van der Waals surface area contributed by atoms with Crippen molar-refractivity contribution in [3.05, 3.63) is 65.5 Å². The predicted octanol–water partition coefficient (Wildman–Crippen LogP) is 2.93. The van der Waals surface area contributed by atoms with Crippen molar-refractivity contribution < 1.29 is 18.8 Å². The Kier molecular flexibility index (Phi) is 7.43. The number of oxime groups is 1. The minimum absolute atomic E-state index is 0.156. The van der Waals surface area contributed by atoms with Gasteiger partial charge in [-0.1, -0.05) is 17.3 Å². The highest BCUT2D eigenvalue weighted by molar-refractivity contribution is 5.80. The fourth-order valence-corrected chi connectivity index (χ4v) is 2.06. The lowest BCUT2D eigenvalue weighted by atomic mass is 10.1. The van der Waals surface area contributed by atoms with Crippen molar-refractivity contribution in [1.29, 1.82) is 0 Å². The standard InChI is InChI=1S/C19H21FN2O3/c1-2-24-18-9-5-16(6-10-18)13-22-25-14-19(23)21-12-11-15-3-7-17(20)8-4-15/h3-10,13H,2,11-12,14H2,1H3,(H,21,23)/b22-13+. The van der Waals surface area contributed by atoms with E-state index in [4.69, 9.17) is 9.57 Å². The molecule has 2 aromatic rings. The van der Waals surface area contributed by atoms with Crippen molar-refractivity contribution in [2.75, 3.05) is 19.8 Å².